The van der Waals surface area contributed by atoms with E-state index in [1.165, 1.54) is 6.07 Å². The van der Waals surface area contributed by atoms with Gasteiger partial charge in [-0.15, -0.1) is 0 Å². The number of benzene rings is 1. The Hall–Kier alpha value is -2.35. The molecule has 3 rings (SSSR count). The van der Waals surface area contributed by atoms with Crippen LogP contribution in [-0.2, 0) is 4.74 Å². The van der Waals surface area contributed by atoms with Gasteiger partial charge < -0.3 is 20.3 Å². The second kappa shape index (κ2) is 8.12. The summed E-state index contributed by atoms with van der Waals surface area (Å²) < 4.78 is 5.32. The molecular formula is C19H28N4O4. The summed E-state index contributed by atoms with van der Waals surface area (Å²) in [6.07, 6.45) is 4.22. The van der Waals surface area contributed by atoms with Crippen LogP contribution in [0, 0.1) is 16.0 Å². The number of hydrogen-bond acceptors (Lipinski definition) is 6. The Morgan fingerprint density at radius 2 is 1.93 bits per heavy atom. The minimum atomic E-state index is -0.456. The summed E-state index contributed by atoms with van der Waals surface area (Å²) in [6, 6.07) is 3.22. The first-order chi connectivity index (χ1) is 12.9. The van der Waals surface area contributed by atoms with E-state index < -0.39 is 4.92 Å². The number of amides is 1. The second-order valence-corrected chi connectivity index (χ2v) is 7.59. The molecule has 1 aliphatic carbocycles. The lowest BCUT2D eigenvalue weighted by Crippen LogP contribution is -2.52. The normalized spacial score (nSPS) is 22.9. The number of rotatable bonds is 6. The number of anilines is 2. The fourth-order valence-corrected chi connectivity index (χ4v) is 3.82. The average Bonchev–Trinajstić information content (AvgIpc) is 2.62. The van der Waals surface area contributed by atoms with Gasteiger partial charge in [0.2, 0.25) is 0 Å². The molecule has 1 aliphatic heterocycles. The van der Waals surface area contributed by atoms with Crippen LogP contribution >= 0.6 is 0 Å². The second-order valence-electron chi connectivity index (χ2n) is 7.59. The van der Waals surface area contributed by atoms with Crippen LogP contribution in [0.1, 0.15) is 43.0 Å². The van der Waals surface area contributed by atoms with E-state index in [1.54, 1.807) is 20.2 Å². The van der Waals surface area contributed by atoms with E-state index in [0.717, 1.165) is 25.7 Å². The summed E-state index contributed by atoms with van der Waals surface area (Å²) in [7, 11) is 3.30. The lowest BCUT2D eigenvalue weighted by atomic mass is 9.87. The third kappa shape index (κ3) is 4.16. The molecule has 0 unspecified atom stereocenters. The lowest BCUT2D eigenvalue weighted by molar-refractivity contribution is -0.383. The maximum absolute atomic E-state index is 13.0. The number of ether oxygens (including phenoxy) is 1. The first-order valence-corrected chi connectivity index (χ1v) is 9.51. The molecule has 0 spiro atoms. The van der Waals surface area contributed by atoms with Gasteiger partial charge in [0.1, 0.15) is 5.69 Å². The Kier molecular flexibility index (Phi) is 5.84. The quantitative estimate of drug-likeness (QED) is 0.585. The van der Waals surface area contributed by atoms with Gasteiger partial charge in [0.25, 0.3) is 11.6 Å². The molecular weight excluding hydrogens is 348 g/mol. The molecule has 2 fully saturated rings. The number of methoxy groups -OCH3 is 1. The van der Waals surface area contributed by atoms with Crippen LogP contribution in [0.5, 0.6) is 0 Å². The standard InChI is InChI=1S/C19H28N4O4/c1-12-4-6-13(7-5-12)21-19(24)15-8-18(23(25)26)16(20-2)9-17(15)22-10-14(11-22)27-3/h8-9,12-14,20H,4-7,10-11H2,1-3H3,(H,21,24). The van der Waals surface area contributed by atoms with Gasteiger partial charge in [-0.3, -0.25) is 14.9 Å². The lowest BCUT2D eigenvalue weighted by Gasteiger charge is -2.41. The van der Waals surface area contributed by atoms with Crippen LogP contribution in [0.25, 0.3) is 0 Å². The summed E-state index contributed by atoms with van der Waals surface area (Å²) in [5.74, 6) is 0.452. The molecule has 2 aliphatic rings. The zero-order valence-corrected chi connectivity index (χ0v) is 16.2. The zero-order chi connectivity index (χ0) is 19.6. The topological polar surface area (TPSA) is 96.7 Å². The van der Waals surface area contributed by atoms with Gasteiger partial charge in [-0.05, 0) is 37.7 Å². The average molecular weight is 376 g/mol. The Balaban J connectivity index is 1.87. The molecule has 0 atom stereocenters. The molecule has 1 saturated carbocycles. The number of carbonyl (C=O) groups is 1. The molecule has 2 N–H and O–H groups in total. The molecule has 27 heavy (non-hydrogen) atoms. The largest absolute Gasteiger partial charge is 0.383 e. The third-order valence-corrected chi connectivity index (χ3v) is 5.70. The van der Waals surface area contributed by atoms with Crippen LogP contribution in [0.15, 0.2) is 12.1 Å². The van der Waals surface area contributed by atoms with Crippen molar-refractivity contribution in [2.24, 2.45) is 5.92 Å². The first-order valence-electron chi connectivity index (χ1n) is 9.51. The van der Waals surface area contributed by atoms with E-state index >= 15 is 0 Å². The monoisotopic (exact) mass is 376 g/mol. The zero-order valence-electron chi connectivity index (χ0n) is 16.2. The number of carbonyl (C=O) groups excluding carboxylic acids is 1. The van der Waals surface area contributed by atoms with Crippen molar-refractivity contribution in [1.82, 2.24) is 5.32 Å². The smallest absolute Gasteiger partial charge is 0.293 e. The minimum absolute atomic E-state index is 0.0903. The van der Waals surface area contributed by atoms with Gasteiger partial charge in [-0.1, -0.05) is 6.92 Å². The fraction of sp³-hybridized carbons (Fsp3) is 0.632. The number of nitrogens with zero attached hydrogens (tertiary/aromatic N) is 2. The van der Waals surface area contributed by atoms with Crippen molar-refractivity contribution in [1.29, 1.82) is 0 Å². The maximum atomic E-state index is 13.0. The summed E-state index contributed by atoms with van der Waals surface area (Å²) >= 11 is 0. The highest BCUT2D eigenvalue weighted by atomic mass is 16.6. The predicted molar refractivity (Wildman–Crippen MR) is 105 cm³/mol. The van der Waals surface area contributed by atoms with Gasteiger partial charge in [0.05, 0.1) is 22.3 Å². The van der Waals surface area contributed by atoms with E-state index in [2.05, 4.69) is 17.6 Å². The first kappa shape index (κ1) is 19.4. The number of nitrogens with one attached hydrogen (secondary N) is 2. The van der Waals surface area contributed by atoms with Crippen molar-refractivity contribution in [3.8, 4) is 0 Å². The Bertz CT molecular complexity index is 710. The molecule has 1 amide bonds. The van der Waals surface area contributed by atoms with Crippen molar-refractivity contribution in [3.05, 3.63) is 27.8 Å². The van der Waals surface area contributed by atoms with Crippen molar-refractivity contribution in [2.75, 3.05) is 37.5 Å². The van der Waals surface area contributed by atoms with Crippen LogP contribution in [0.3, 0.4) is 0 Å². The summed E-state index contributed by atoms with van der Waals surface area (Å²) in [6.45, 7) is 3.56. The molecule has 1 aromatic carbocycles. The molecule has 0 bridgehead atoms. The van der Waals surface area contributed by atoms with Crippen LogP contribution in [-0.4, -0.2) is 50.2 Å². The highest BCUT2D eigenvalue weighted by molar-refractivity contribution is 6.02. The van der Waals surface area contributed by atoms with E-state index in [1.807, 2.05) is 4.90 Å². The van der Waals surface area contributed by atoms with Crippen LogP contribution in [0.2, 0.25) is 0 Å². The fourth-order valence-electron chi connectivity index (χ4n) is 3.82. The highest BCUT2D eigenvalue weighted by Gasteiger charge is 2.32. The molecule has 0 aromatic heterocycles. The van der Waals surface area contributed by atoms with Crippen molar-refractivity contribution < 1.29 is 14.5 Å². The van der Waals surface area contributed by atoms with E-state index in [0.29, 0.717) is 35.9 Å². The van der Waals surface area contributed by atoms with Gasteiger partial charge in [0, 0.05) is 39.4 Å². The van der Waals surface area contributed by atoms with E-state index in [9.17, 15) is 14.9 Å². The molecule has 1 aromatic rings. The van der Waals surface area contributed by atoms with Gasteiger partial charge in [-0.2, -0.15) is 0 Å². The summed E-state index contributed by atoms with van der Waals surface area (Å²) in [5, 5.41) is 17.4. The molecule has 148 valence electrons. The third-order valence-electron chi connectivity index (χ3n) is 5.70. The summed E-state index contributed by atoms with van der Waals surface area (Å²) in [4.78, 5) is 26.0. The van der Waals surface area contributed by atoms with Crippen molar-refractivity contribution in [2.45, 2.75) is 44.8 Å². The maximum Gasteiger partial charge on any atom is 0.293 e. The number of nitro groups is 1. The minimum Gasteiger partial charge on any atom is -0.383 e. The predicted octanol–water partition coefficient (Wildman–Crippen LogP) is 2.78. The molecule has 0 radical (unpaired) electrons. The van der Waals surface area contributed by atoms with Crippen LogP contribution < -0.4 is 15.5 Å². The van der Waals surface area contributed by atoms with E-state index in [4.69, 9.17) is 4.74 Å². The molecule has 1 saturated heterocycles. The van der Waals surface area contributed by atoms with Crippen molar-refractivity contribution >= 4 is 23.0 Å². The molecule has 8 nitrogen and oxygen atoms in total. The van der Waals surface area contributed by atoms with Crippen molar-refractivity contribution in [3.63, 3.8) is 0 Å². The van der Waals surface area contributed by atoms with Gasteiger partial charge in [0.15, 0.2) is 0 Å². The number of nitro benzene ring substituents is 1. The Morgan fingerprint density at radius 3 is 2.48 bits per heavy atom. The molecule has 8 heteroatoms. The van der Waals surface area contributed by atoms with Gasteiger partial charge >= 0.3 is 0 Å². The summed E-state index contributed by atoms with van der Waals surface area (Å²) in [5.41, 5.74) is 1.38. The van der Waals surface area contributed by atoms with Crippen LogP contribution in [0.4, 0.5) is 17.1 Å². The SMILES string of the molecule is CNc1cc(N2CC(OC)C2)c(C(=O)NC2CCC(C)CC2)cc1[N+](=O)[O-]. The van der Waals surface area contributed by atoms with Gasteiger partial charge in [-0.25, -0.2) is 0 Å². The number of hydrogen-bond donors (Lipinski definition) is 2. The Morgan fingerprint density at radius 1 is 1.26 bits per heavy atom. The Labute approximate surface area is 159 Å². The highest BCUT2D eigenvalue weighted by Crippen LogP contribution is 2.36. The molecule has 1 heterocycles. The van der Waals surface area contributed by atoms with E-state index in [-0.39, 0.29) is 23.7 Å².